The fourth-order valence-corrected chi connectivity index (χ4v) is 4.80. The first-order valence-corrected chi connectivity index (χ1v) is 10.8. The first-order chi connectivity index (χ1) is 15.4. The third-order valence-electron chi connectivity index (χ3n) is 6.75. The van der Waals surface area contributed by atoms with Gasteiger partial charge in [-0.15, -0.1) is 0 Å². The number of rotatable bonds is 4. The van der Waals surface area contributed by atoms with Crippen LogP contribution in [0.3, 0.4) is 0 Å². The van der Waals surface area contributed by atoms with Gasteiger partial charge in [0.25, 0.3) is 0 Å². The van der Waals surface area contributed by atoms with Gasteiger partial charge >= 0.3 is 0 Å². The maximum Gasteiger partial charge on any atom is 0.193 e. The molecule has 0 N–H and O–H groups in total. The fraction of sp³-hybridized carbons (Fsp3) is 0.308. The van der Waals surface area contributed by atoms with Gasteiger partial charge in [-0.25, -0.2) is 8.78 Å². The van der Waals surface area contributed by atoms with Crippen molar-refractivity contribution in [3.8, 4) is 0 Å². The van der Waals surface area contributed by atoms with Crippen molar-refractivity contribution in [3.63, 3.8) is 0 Å². The van der Waals surface area contributed by atoms with Gasteiger partial charge in [0.1, 0.15) is 0 Å². The minimum absolute atomic E-state index is 0.142. The molecule has 1 fully saturated rings. The van der Waals surface area contributed by atoms with Crippen LogP contribution in [-0.4, -0.2) is 28.8 Å². The zero-order chi connectivity index (χ0) is 22.3. The third kappa shape index (κ3) is 3.74. The molecule has 3 aromatic rings. The van der Waals surface area contributed by atoms with E-state index < -0.39 is 11.6 Å². The van der Waals surface area contributed by atoms with Crippen LogP contribution in [0.5, 0.6) is 0 Å². The highest BCUT2D eigenvalue weighted by Gasteiger charge is 2.42. The summed E-state index contributed by atoms with van der Waals surface area (Å²) in [5, 5.41) is 0. The lowest BCUT2D eigenvalue weighted by atomic mass is 9.84. The molecule has 1 spiro atoms. The zero-order valence-corrected chi connectivity index (χ0v) is 17.9. The molecule has 4 nitrogen and oxygen atoms in total. The van der Waals surface area contributed by atoms with Crippen LogP contribution >= 0.6 is 0 Å². The number of fused-ring (bicyclic) bond motifs is 2. The van der Waals surface area contributed by atoms with Crippen LogP contribution in [0.2, 0.25) is 0 Å². The predicted molar refractivity (Wildman–Crippen MR) is 116 cm³/mol. The van der Waals surface area contributed by atoms with Gasteiger partial charge in [-0.1, -0.05) is 12.1 Å². The third-order valence-corrected chi connectivity index (χ3v) is 6.75. The first-order valence-electron chi connectivity index (χ1n) is 10.8. The van der Waals surface area contributed by atoms with Crippen LogP contribution in [0.1, 0.15) is 51.0 Å². The number of pyridine rings is 1. The molecule has 1 saturated heterocycles. The lowest BCUT2D eigenvalue weighted by Crippen LogP contribution is -2.42. The summed E-state index contributed by atoms with van der Waals surface area (Å²) in [4.78, 5) is 19.4. The van der Waals surface area contributed by atoms with Crippen LogP contribution in [0.25, 0.3) is 0 Å². The number of hydrogen-bond acceptors (Lipinski definition) is 4. The number of piperidine rings is 1. The molecule has 2 aliphatic heterocycles. The van der Waals surface area contributed by atoms with Gasteiger partial charge in [-0.05, 0) is 66.8 Å². The lowest BCUT2D eigenvalue weighted by Gasteiger charge is -2.39. The number of hydrogen-bond donors (Lipinski definition) is 0. The molecule has 0 aliphatic carbocycles. The number of halogens is 2. The number of likely N-dealkylation sites (tertiary alicyclic amines) is 1. The minimum atomic E-state index is -1.02. The molecule has 2 aromatic carbocycles. The van der Waals surface area contributed by atoms with Gasteiger partial charge in [0.2, 0.25) is 0 Å². The molecule has 5 rings (SSSR count). The molecule has 2 aliphatic rings. The quantitative estimate of drug-likeness (QED) is 0.547. The van der Waals surface area contributed by atoms with E-state index in [1.165, 1.54) is 17.2 Å². The highest BCUT2D eigenvalue weighted by Crippen LogP contribution is 2.43. The molecule has 32 heavy (non-hydrogen) atoms. The molecule has 0 amide bonds. The lowest BCUT2D eigenvalue weighted by molar-refractivity contribution is -0.0800. The average molecular weight is 434 g/mol. The van der Waals surface area contributed by atoms with Gasteiger partial charge < -0.3 is 4.74 Å². The van der Waals surface area contributed by atoms with Crippen molar-refractivity contribution < 1.29 is 18.3 Å². The Labute approximate surface area is 185 Å². The highest BCUT2D eigenvalue weighted by atomic mass is 19.2. The van der Waals surface area contributed by atoms with Gasteiger partial charge in [0.15, 0.2) is 17.4 Å². The summed E-state index contributed by atoms with van der Waals surface area (Å²) in [6.07, 6.45) is 5.62. The maximum atomic E-state index is 13.5. The summed E-state index contributed by atoms with van der Waals surface area (Å²) < 4.78 is 32.9. The number of carbonyl (C=O) groups excluding carboxylic acids is 1. The molecular formula is C26H24F2N2O2. The van der Waals surface area contributed by atoms with Gasteiger partial charge in [0, 0.05) is 48.7 Å². The largest absolute Gasteiger partial charge is 0.365 e. The SMILES string of the molecule is Cc1cc(C(=O)c2ccc(F)c(F)c2)ccc1CN1CCC2(CC1)OCc1ccncc12. The normalized spacial score (nSPS) is 17.5. The van der Waals surface area contributed by atoms with E-state index in [9.17, 15) is 13.6 Å². The number of aromatic nitrogens is 1. The van der Waals surface area contributed by atoms with Crippen molar-refractivity contribution in [1.82, 2.24) is 9.88 Å². The van der Waals surface area contributed by atoms with Crippen molar-refractivity contribution in [3.05, 3.63) is 99.9 Å². The Morgan fingerprint density at radius 1 is 1.06 bits per heavy atom. The molecule has 0 radical (unpaired) electrons. The summed E-state index contributed by atoms with van der Waals surface area (Å²) in [5.74, 6) is -2.29. The van der Waals surface area contributed by atoms with E-state index in [1.807, 2.05) is 37.5 Å². The van der Waals surface area contributed by atoms with Crippen LogP contribution in [0, 0.1) is 18.6 Å². The Morgan fingerprint density at radius 3 is 2.56 bits per heavy atom. The van der Waals surface area contributed by atoms with Crippen LogP contribution in [-0.2, 0) is 23.5 Å². The van der Waals surface area contributed by atoms with E-state index in [1.54, 1.807) is 6.07 Å². The first kappa shape index (κ1) is 20.9. The summed E-state index contributed by atoms with van der Waals surface area (Å²) in [5.41, 5.74) is 5.03. The molecule has 0 unspecified atom stereocenters. The second-order valence-electron chi connectivity index (χ2n) is 8.69. The number of aryl methyl sites for hydroxylation is 1. The molecular weight excluding hydrogens is 410 g/mol. The monoisotopic (exact) mass is 434 g/mol. The van der Waals surface area contributed by atoms with E-state index >= 15 is 0 Å². The van der Waals surface area contributed by atoms with Crippen molar-refractivity contribution in [2.45, 2.75) is 38.5 Å². The molecule has 0 bridgehead atoms. The number of carbonyl (C=O) groups is 1. The number of nitrogens with zero attached hydrogens (tertiary/aromatic N) is 2. The molecule has 3 heterocycles. The molecule has 1 aromatic heterocycles. The Bertz CT molecular complexity index is 1190. The van der Waals surface area contributed by atoms with E-state index in [-0.39, 0.29) is 16.9 Å². The summed E-state index contributed by atoms with van der Waals surface area (Å²) in [7, 11) is 0. The minimum Gasteiger partial charge on any atom is -0.365 e. The van der Waals surface area contributed by atoms with Crippen molar-refractivity contribution in [2.75, 3.05) is 13.1 Å². The Morgan fingerprint density at radius 2 is 1.81 bits per heavy atom. The Kier molecular flexibility index (Phi) is 5.35. The van der Waals surface area contributed by atoms with Crippen LogP contribution in [0.4, 0.5) is 8.78 Å². The van der Waals surface area contributed by atoms with E-state index in [2.05, 4.69) is 9.88 Å². The standard InChI is InChI=1S/C26H24F2N2O2/c1-17-12-18(25(31)19-4-5-23(27)24(28)13-19)2-3-20(17)15-30-10-7-26(8-11-30)22-14-29-9-6-21(22)16-32-26/h2-6,9,12-14H,7-8,10-11,15-16H2,1H3. The summed E-state index contributed by atoms with van der Waals surface area (Å²) in [6.45, 7) is 5.27. The second-order valence-corrected chi connectivity index (χ2v) is 8.69. The van der Waals surface area contributed by atoms with Crippen molar-refractivity contribution >= 4 is 5.78 Å². The van der Waals surface area contributed by atoms with Crippen molar-refractivity contribution in [2.24, 2.45) is 0 Å². The number of ether oxygens (including phenoxy) is 1. The Hall–Kier alpha value is -2.96. The second kappa shape index (κ2) is 8.19. The van der Waals surface area contributed by atoms with Gasteiger partial charge in [-0.3, -0.25) is 14.7 Å². The maximum absolute atomic E-state index is 13.5. The highest BCUT2D eigenvalue weighted by molar-refractivity contribution is 6.09. The van der Waals surface area contributed by atoms with Crippen LogP contribution in [0.15, 0.2) is 54.9 Å². The van der Waals surface area contributed by atoms with E-state index in [0.29, 0.717) is 12.2 Å². The Balaban J connectivity index is 1.26. The summed E-state index contributed by atoms with van der Waals surface area (Å²) >= 11 is 0. The molecule has 6 heteroatoms. The van der Waals surface area contributed by atoms with Gasteiger partial charge in [-0.2, -0.15) is 0 Å². The van der Waals surface area contributed by atoms with Crippen LogP contribution < -0.4 is 0 Å². The topological polar surface area (TPSA) is 42.4 Å². The van der Waals surface area contributed by atoms with Crippen molar-refractivity contribution in [1.29, 1.82) is 0 Å². The van der Waals surface area contributed by atoms with E-state index in [0.717, 1.165) is 55.7 Å². The van der Waals surface area contributed by atoms with Gasteiger partial charge in [0.05, 0.1) is 12.2 Å². The predicted octanol–water partition coefficient (Wildman–Crippen LogP) is 4.92. The smallest absolute Gasteiger partial charge is 0.193 e. The zero-order valence-electron chi connectivity index (χ0n) is 17.9. The number of ketones is 1. The molecule has 0 saturated carbocycles. The molecule has 0 atom stereocenters. The summed E-state index contributed by atoms with van der Waals surface area (Å²) in [6, 6.07) is 10.8. The van der Waals surface area contributed by atoms with E-state index in [4.69, 9.17) is 4.74 Å². The number of benzene rings is 2. The molecule has 164 valence electrons. The fourth-order valence-electron chi connectivity index (χ4n) is 4.80. The average Bonchev–Trinajstić information content (AvgIpc) is 3.16.